The van der Waals surface area contributed by atoms with E-state index in [2.05, 4.69) is 10.1 Å². The fourth-order valence-electron chi connectivity index (χ4n) is 1.43. The van der Waals surface area contributed by atoms with Gasteiger partial charge < -0.3 is 0 Å². The Morgan fingerprint density at radius 3 is 2.11 bits per heavy atom. The Morgan fingerprint density at radius 1 is 0.944 bits per heavy atom. The Bertz CT molecular complexity index is 610. The van der Waals surface area contributed by atoms with Gasteiger partial charge in [0.2, 0.25) is 0 Å². The maximum atomic E-state index is 12.0. The van der Waals surface area contributed by atoms with Crippen LogP contribution in [0, 0.1) is 0 Å². The maximum absolute atomic E-state index is 12.0. The van der Waals surface area contributed by atoms with E-state index in [1.807, 2.05) is 0 Å². The van der Waals surface area contributed by atoms with Gasteiger partial charge in [0.25, 0.3) is 10.0 Å². The molecule has 0 aliphatic carbocycles. The van der Waals surface area contributed by atoms with Crippen molar-refractivity contribution in [3.8, 4) is 0 Å². The Morgan fingerprint density at radius 2 is 1.56 bits per heavy atom. The molecule has 0 unspecified atom stereocenters. The predicted octanol–water partition coefficient (Wildman–Crippen LogP) is 1.60. The summed E-state index contributed by atoms with van der Waals surface area (Å²) in [4.78, 5) is 0.220. The van der Waals surface area contributed by atoms with E-state index in [0.717, 1.165) is 0 Å². The Balaban J connectivity index is 2.22. The monoisotopic (exact) mass is 262 g/mol. The van der Waals surface area contributed by atoms with Gasteiger partial charge in [-0.15, -0.1) is 0 Å². The van der Waals surface area contributed by atoms with Crippen LogP contribution in [-0.4, -0.2) is 8.42 Å². The average Bonchev–Trinajstić information content (AvgIpc) is 2.40. The van der Waals surface area contributed by atoms with Crippen LogP contribution in [0.3, 0.4) is 0 Å². The summed E-state index contributed by atoms with van der Waals surface area (Å²) in [6.07, 6.45) is 0. The molecular formula is C12H12N3O2S. The van der Waals surface area contributed by atoms with Crippen molar-refractivity contribution in [3.63, 3.8) is 0 Å². The lowest BCUT2D eigenvalue weighted by Gasteiger charge is -2.08. The lowest BCUT2D eigenvalue weighted by Crippen LogP contribution is -2.12. The lowest BCUT2D eigenvalue weighted by atomic mass is 10.3. The first-order valence-corrected chi connectivity index (χ1v) is 6.69. The molecule has 6 heteroatoms. The third kappa shape index (κ3) is 2.79. The molecule has 1 radical (unpaired) electrons. The van der Waals surface area contributed by atoms with E-state index in [0.29, 0.717) is 11.4 Å². The predicted molar refractivity (Wildman–Crippen MR) is 69.7 cm³/mol. The zero-order chi connectivity index (χ0) is 13.0. The zero-order valence-electron chi connectivity index (χ0n) is 9.45. The van der Waals surface area contributed by atoms with Crippen molar-refractivity contribution in [1.29, 1.82) is 0 Å². The molecule has 2 rings (SSSR count). The van der Waals surface area contributed by atoms with E-state index in [1.165, 1.54) is 12.1 Å². The molecule has 18 heavy (non-hydrogen) atoms. The van der Waals surface area contributed by atoms with E-state index in [1.54, 1.807) is 42.5 Å². The first-order chi connectivity index (χ1) is 8.62. The number of nitrogens with one attached hydrogen (secondary N) is 1. The van der Waals surface area contributed by atoms with Crippen LogP contribution in [0.1, 0.15) is 0 Å². The number of nitrogens with zero attached hydrogens (tertiary/aromatic N) is 1. The lowest BCUT2D eigenvalue weighted by molar-refractivity contribution is 0.601. The van der Waals surface area contributed by atoms with Crippen molar-refractivity contribution in [1.82, 2.24) is 5.43 Å². The molecule has 3 N–H and O–H groups in total. The Labute approximate surface area is 106 Å². The van der Waals surface area contributed by atoms with Crippen molar-refractivity contribution in [3.05, 3.63) is 54.6 Å². The van der Waals surface area contributed by atoms with E-state index >= 15 is 0 Å². The number of hydrogen-bond donors (Lipinski definition) is 2. The normalized spacial score (nSPS) is 10.9. The number of hydrogen-bond acceptors (Lipinski definition) is 3. The van der Waals surface area contributed by atoms with Gasteiger partial charge in [-0.25, -0.2) is 19.7 Å². The van der Waals surface area contributed by atoms with Crippen molar-refractivity contribution < 1.29 is 8.42 Å². The molecule has 0 saturated heterocycles. The van der Waals surface area contributed by atoms with Crippen LogP contribution < -0.4 is 16.0 Å². The van der Waals surface area contributed by atoms with Gasteiger partial charge in [0.05, 0.1) is 10.6 Å². The summed E-state index contributed by atoms with van der Waals surface area (Å²) < 4.78 is 26.5. The maximum Gasteiger partial charge on any atom is 0.261 e. The summed E-state index contributed by atoms with van der Waals surface area (Å²) in [5.41, 5.74) is 4.53. The highest BCUT2D eigenvalue weighted by atomic mass is 32.2. The quantitative estimate of drug-likeness (QED) is 0.648. The van der Waals surface area contributed by atoms with Crippen molar-refractivity contribution in [2.24, 2.45) is 5.84 Å². The minimum absolute atomic E-state index is 0.220. The highest BCUT2D eigenvalue weighted by Gasteiger charge is 2.12. The second-order valence-corrected chi connectivity index (χ2v) is 5.28. The smallest absolute Gasteiger partial charge is 0.261 e. The number of nitrogens with two attached hydrogens (primary N) is 1. The topological polar surface area (TPSA) is 86.3 Å². The van der Waals surface area contributed by atoms with Crippen LogP contribution >= 0.6 is 0 Å². The highest BCUT2D eigenvalue weighted by molar-refractivity contribution is 7.92. The fourth-order valence-corrected chi connectivity index (χ4v) is 2.51. The standard InChI is InChI=1S/C12H12N3O2S/c13-14-10-6-8-11(9-7-10)15-18(16,17)12-4-2-1-3-5-12/h1-9,15H,13H2. The summed E-state index contributed by atoms with van der Waals surface area (Å²) in [5.74, 6) is 5.10. The summed E-state index contributed by atoms with van der Waals surface area (Å²) in [7, 11) is -3.54. The van der Waals surface area contributed by atoms with Crippen LogP contribution in [0.2, 0.25) is 0 Å². The average molecular weight is 262 g/mol. The van der Waals surface area contributed by atoms with Crippen LogP contribution in [-0.2, 0) is 10.0 Å². The first-order valence-electron chi connectivity index (χ1n) is 5.21. The third-order valence-electron chi connectivity index (χ3n) is 2.32. The first kappa shape index (κ1) is 12.4. The van der Waals surface area contributed by atoms with Crippen molar-refractivity contribution in [2.75, 3.05) is 4.72 Å². The summed E-state index contributed by atoms with van der Waals surface area (Å²) in [5, 5.41) is 0. The fraction of sp³-hybridized carbons (Fsp3) is 0. The van der Waals surface area contributed by atoms with Crippen LogP contribution in [0.25, 0.3) is 0 Å². The van der Waals surface area contributed by atoms with Gasteiger partial charge in [-0.2, -0.15) is 0 Å². The molecule has 0 atom stereocenters. The van der Waals surface area contributed by atoms with Crippen LogP contribution in [0.15, 0.2) is 59.5 Å². The highest BCUT2D eigenvalue weighted by Crippen LogP contribution is 2.17. The van der Waals surface area contributed by atoms with Gasteiger partial charge in [-0.05, 0) is 36.4 Å². The number of sulfonamides is 1. The minimum Gasteiger partial charge on any atom is -0.280 e. The third-order valence-corrected chi connectivity index (χ3v) is 3.72. The van der Waals surface area contributed by atoms with Crippen LogP contribution in [0.5, 0.6) is 0 Å². The molecular weight excluding hydrogens is 250 g/mol. The van der Waals surface area contributed by atoms with Gasteiger partial charge in [-0.3, -0.25) is 4.72 Å². The number of rotatable bonds is 4. The largest absolute Gasteiger partial charge is 0.280 e. The van der Waals surface area contributed by atoms with E-state index in [4.69, 9.17) is 5.84 Å². The van der Waals surface area contributed by atoms with Crippen molar-refractivity contribution >= 4 is 21.4 Å². The van der Waals surface area contributed by atoms with Gasteiger partial charge in [0.15, 0.2) is 0 Å². The Kier molecular flexibility index (Phi) is 3.50. The number of benzene rings is 2. The zero-order valence-corrected chi connectivity index (χ0v) is 10.3. The van der Waals surface area contributed by atoms with Crippen LogP contribution in [0.4, 0.5) is 11.4 Å². The van der Waals surface area contributed by atoms with Gasteiger partial charge in [0, 0.05) is 5.69 Å². The molecule has 5 nitrogen and oxygen atoms in total. The molecule has 0 aliphatic heterocycles. The Hall–Kier alpha value is -2.05. The van der Waals surface area contributed by atoms with E-state index < -0.39 is 10.0 Å². The molecule has 0 aromatic heterocycles. The molecule has 93 valence electrons. The van der Waals surface area contributed by atoms with Gasteiger partial charge in [-0.1, -0.05) is 18.2 Å². The molecule has 0 aliphatic rings. The summed E-state index contributed by atoms with van der Waals surface area (Å²) in [6, 6.07) is 14.6. The SMILES string of the molecule is N[N]c1ccc(NS(=O)(=O)c2ccccc2)cc1. The van der Waals surface area contributed by atoms with Gasteiger partial charge >= 0.3 is 0 Å². The van der Waals surface area contributed by atoms with E-state index in [9.17, 15) is 8.42 Å². The number of anilines is 1. The molecule has 0 saturated carbocycles. The second kappa shape index (κ2) is 5.07. The second-order valence-electron chi connectivity index (χ2n) is 3.59. The molecule has 0 heterocycles. The van der Waals surface area contributed by atoms with Crippen molar-refractivity contribution in [2.45, 2.75) is 4.90 Å². The van der Waals surface area contributed by atoms with E-state index in [-0.39, 0.29) is 4.90 Å². The molecule has 2 aromatic carbocycles. The van der Waals surface area contributed by atoms with Gasteiger partial charge in [0.1, 0.15) is 0 Å². The minimum atomic E-state index is -3.54. The molecule has 2 aromatic rings. The molecule has 0 bridgehead atoms. The molecule has 0 amide bonds. The molecule has 0 fully saturated rings. The summed E-state index contributed by atoms with van der Waals surface area (Å²) in [6.45, 7) is 0. The molecule has 0 spiro atoms. The summed E-state index contributed by atoms with van der Waals surface area (Å²) >= 11 is 0.